The van der Waals surface area contributed by atoms with Gasteiger partial charge in [-0.15, -0.1) is 34.0 Å². The second-order valence-electron chi connectivity index (χ2n) is 17.8. The lowest BCUT2D eigenvalue weighted by atomic mass is 10.3. The number of methoxy groups -OCH3 is 2. The van der Waals surface area contributed by atoms with Gasteiger partial charge < -0.3 is 81.9 Å². The molecule has 23 nitrogen and oxygen atoms in total. The number of ether oxygens (including phenoxy) is 15. The summed E-state index contributed by atoms with van der Waals surface area (Å²) in [4.78, 5) is 0. The summed E-state index contributed by atoms with van der Waals surface area (Å²) in [7, 11) is 2.14. The summed E-state index contributed by atoms with van der Waals surface area (Å²) < 4.78 is 82.5. The van der Waals surface area contributed by atoms with Crippen LogP contribution in [0.25, 0.3) is 0 Å². The third kappa shape index (κ3) is 73.5. The van der Waals surface area contributed by atoms with E-state index >= 15 is 0 Å². The first kappa shape index (κ1) is 82.6. The van der Waals surface area contributed by atoms with Gasteiger partial charge in [0.2, 0.25) is 0 Å². The molecule has 81 heavy (non-hydrogen) atoms. The van der Waals surface area contributed by atoms with E-state index in [0.29, 0.717) is 184 Å². The molecule has 2 rings (SSSR count). The first-order valence-corrected chi connectivity index (χ1v) is 33.3. The number of aromatic nitrogens is 6. The quantitative estimate of drug-likeness (QED) is 0.0384. The summed E-state index contributed by atoms with van der Waals surface area (Å²) in [5.41, 5.74) is 10.3. The molecule has 0 bridgehead atoms. The topological polar surface area (TPSA) is 246 Å². The minimum absolute atomic E-state index is 0.192. The lowest BCUT2D eigenvalue weighted by molar-refractivity contribution is 0.0151. The van der Waals surface area contributed by atoms with E-state index in [-0.39, 0.29) is 6.61 Å². The van der Waals surface area contributed by atoms with E-state index in [1.807, 2.05) is 12.4 Å². The summed E-state index contributed by atoms with van der Waals surface area (Å²) >= 11 is 3.27. The summed E-state index contributed by atoms with van der Waals surface area (Å²) in [5.74, 6) is 5.44. The van der Waals surface area contributed by atoms with Gasteiger partial charge in [0.1, 0.15) is 8.07 Å². The number of hydrogen-bond donors (Lipinski definition) is 2. The Hall–Kier alpha value is -2.58. The molecule has 0 aromatic carbocycles. The van der Waals surface area contributed by atoms with Crippen LogP contribution in [0, 0.1) is 23.8 Å². The Morgan fingerprint density at radius 1 is 0.481 bits per heavy atom. The molecule has 0 radical (unpaired) electrons. The normalized spacial score (nSPS) is 10.8. The summed E-state index contributed by atoms with van der Waals surface area (Å²) in [6, 6.07) is 0. The van der Waals surface area contributed by atoms with E-state index in [0.717, 1.165) is 81.9 Å². The van der Waals surface area contributed by atoms with Gasteiger partial charge in [-0.3, -0.25) is 0 Å². The predicted octanol–water partition coefficient (Wildman–Crippen LogP) is 4.98. The molecule has 0 unspecified atom stereocenters. The smallest absolute Gasteiger partial charge is 0.129 e. The Balaban J connectivity index is -0.000000994. The molecule has 3 N–H and O–H groups in total. The molecule has 0 aliphatic rings. The predicted molar refractivity (Wildman–Crippen MR) is 322 cm³/mol. The van der Waals surface area contributed by atoms with E-state index < -0.39 is 8.07 Å². The van der Waals surface area contributed by atoms with Gasteiger partial charge in [0, 0.05) is 84.0 Å². The van der Waals surface area contributed by atoms with Crippen LogP contribution in [0.4, 0.5) is 0 Å². The van der Waals surface area contributed by atoms with Crippen LogP contribution in [0.15, 0.2) is 12.4 Å². The minimum Gasteiger partial charge on any atom is -0.395 e. The van der Waals surface area contributed by atoms with Crippen molar-refractivity contribution in [1.29, 1.82) is 0 Å². The van der Waals surface area contributed by atoms with Gasteiger partial charge in [-0.05, 0) is 19.3 Å². The molecule has 0 saturated carbocycles. The Kier molecular flexibility index (Phi) is 73.1. The van der Waals surface area contributed by atoms with E-state index in [4.69, 9.17) is 88.3 Å². The zero-order valence-corrected chi connectivity index (χ0v) is 53.8. The molecular formula is C56H110BrN7O16Si. The fourth-order valence-electron chi connectivity index (χ4n) is 5.32. The number of aliphatic hydroxyl groups excluding tert-OH is 1. The number of hydrogen-bond acceptors (Lipinski definition) is 21. The Labute approximate surface area is 497 Å². The number of nitrogens with two attached hydrogens (primary N) is 1. The van der Waals surface area contributed by atoms with E-state index in [2.05, 4.69) is 94.4 Å². The second-order valence-corrected chi connectivity index (χ2v) is 23.4. The zero-order chi connectivity index (χ0) is 60.1. The van der Waals surface area contributed by atoms with Crippen LogP contribution < -0.4 is 5.73 Å². The summed E-state index contributed by atoms with van der Waals surface area (Å²) in [6.45, 7) is 32.7. The first-order chi connectivity index (χ1) is 39.6. The fourth-order valence-corrected chi connectivity index (χ4v) is 6.20. The third-order valence-corrected chi connectivity index (χ3v) is 10.4. The number of rotatable bonds is 52. The van der Waals surface area contributed by atoms with Crippen LogP contribution in [0.1, 0.15) is 64.3 Å². The first-order valence-electron chi connectivity index (χ1n) is 28.7. The number of halogens is 1. The molecule has 0 aliphatic heterocycles. The average molecular weight is 1250 g/mol. The molecule has 2 aromatic heterocycles. The van der Waals surface area contributed by atoms with Gasteiger partial charge in [-0.25, -0.2) is 9.36 Å². The van der Waals surface area contributed by atoms with Crippen molar-refractivity contribution in [3.8, 4) is 23.8 Å². The maximum absolute atomic E-state index is 8.38. The third-order valence-electron chi connectivity index (χ3n) is 9.19. The van der Waals surface area contributed by atoms with Crippen molar-refractivity contribution in [2.75, 3.05) is 218 Å². The standard InChI is InChI=1S/C16H31N3O5.C15H30N4O5.C11H20O3.C7H15BrO2.C7H14OSi/c1-3-6-21-11-13-24-14-12-22-7-4-16-15-19(18-17-16)5-8-23-10-9-20-2;1-20-8-9-23-7-4-19-14-15(17-18-19)2-5-21-10-12-24-13-11-22-6-3-16;1-3-5-7-13-9-11-14-10-8-12-6-4-2;1-2-4-9-6-7-10-5-3-8;1-9(2,3)7-5-4-6-8/h15H,3-14H2,1-2H3;14H,2-13,16H2,1H3;1H,4-11H2,2H3;2-7H2,1H3;8H,4,6H2,1-3H3. The van der Waals surface area contributed by atoms with E-state index in [9.17, 15) is 0 Å². The number of aliphatic hydroxyl groups is 1. The average Bonchev–Trinajstić information content (AvgIpc) is 4.13. The van der Waals surface area contributed by atoms with E-state index in [1.165, 1.54) is 0 Å². The van der Waals surface area contributed by atoms with Crippen LogP contribution in [0.5, 0.6) is 0 Å². The van der Waals surface area contributed by atoms with Crippen LogP contribution in [-0.2, 0) is 97.0 Å². The van der Waals surface area contributed by atoms with Crippen molar-refractivity contribution < 1.29 is 76.2 Å². The number of nitrogens with zero attached hydrogens (tertiary/aromatic N) is 6. The van der Waals surface area contributed by atoms with E-state index in [1.54, 1.807) is 23.6 Å². The molecule has 476 valence electrons. The highest BCUT2D eigenvalue weighted by molar-refractivity contribution is 9.09. The van der Waals surface area contributed by atoms with Crippen LogP contribution in [-0.4, -0.2) is 261 Å². The Morgan fingerprint density at radius 2 is 0.815 bits per heavy atom. The molecule has 0 spiro atoms. The molecule has 0 saturated heterocycles. The molecule has 25 heteroatoms. The van der Waals surface area contributed by atoms with Gasteiger partial charge in [0.15, 0.2) is 0 Å². The molecule has 0 aliphatic carbocycles. The molecule has 2 heterocycles. The molecule has 0 amide bonds. The van der Waals surface area contributed by atoms with Crippen molar-refractivity contribution in [3.63, 3.8) is 0 Å². The molecular weight excluding hydrogens is 1130 g/mol. The van der Waals surface area contributed by atoms with Gasteiger partial charge in [-0.2, -0.15) is 0 Å². The highest BCUT2D eigenvalue weighted by Gasteiger charge is 2.07. The van der Waals surface area contributed by atoms with Crippen LogP contribution in [0.2, 0.25) is 19.6 Å². The second kappa shape index (κ2) is 71.7. The van der Waals surface area contributed by atoms with Gasteiger partial charge in [0.05, 0.1) is 196 Å². The molecule has 0 atom stereocenters. The highest BCUT2D eigenvalue weighted by Crippen LogP contribution is 1.99. The van der Waals surface area contributed by atoms with Crippen molar-refractivity contribution in [3.05, 3.63) is 23.8 Å². The van der Waals surface area contributed by atoms with Crippen molar-refractivity contribution >= 4 is 24.0 Å². The maximum atomic E-state index is 8.38. The number of alkyl halides is 1. The monoisotopic (exact) mass is 1240 g/mol. The summed E-state index contributed by atoms with van der Waals surface area (Å²) in [5, 5.41) is 25.6. The minimum atomic E-state index is -1.17. The van der Waals surface area contributed by atoms with Crippen LogP contribution >= 0.6 is 15.9 Å². The van der Waals surface area contributed by atoms with Crippen molar-refractivity contribution in [2.24, 2.45) is 5.73 Å². The Bertz CT molecular complexity index is 1530. The maximum Gasteiger partial charge on any atom is 0.129 e. The van der Waals surface area contributed by atoms with Gasteiger partial charge >= 0.3 is 0 Å². The lowest BCUT2D eigenvalue weighted by Crippen LogP contribution is -2.16. The number of terminal acetylenes is 1. The largest absolute Gasteiger partial charge is 0.395 e. The molecule has 2 aromatic rings. The van der Waals surface area contributed by atoms with Crippen LogP contribution in [0.3, 0.4) is 0 Å². The Morgan fingerprint density at radius 3 is 1.15 bits per heavy atom. The van der Waals surface area contributed by atoms with Gasteiger partial charge in [0.25, 0.3) is 0 Å². The SMILES string of the molecule is C#CCCOCCOCCOCCC.CCCOCCOCCBr.CCCOCCOCCOCCc1cn(CCOCCOC)nn1.COCCOCCn1cc(CCOCCOCCOCCN)nn1.C[Si](C)(C)C#CCCO. The summed E-state index contributed by atoms with van der Waals surface area (Å²) in [6.07, 6.45) is 14.8. The molecule has 0 fully saturated rings. The highest BCUT2D eigenvalue weighted by atomic mass is 79.9. The zero-order valence-electron chi connectivity index (χ0n) is 51.2. The lowest BCUT2D eigenvalue weighted by Gasteiger charge is -2.05. The fraction of sp³-hybridized carbons (Fsp3) is 0.857. The van der Waals surface area contributed by atoms with Crippen molar-refractivity contribution in [1.82, 2.24) is 30.0 Å². The van der Waals surface area contributed by atoms with Gasteiger partial charge in [-0.1, -0.05) is 66.8 Å². The van der Waals surface area contributed by atoms with Crippen molar-refractivity contribution in [2.45, 2.75) is 98.4 Å².